The smallest absolute Gasteiger partial charge is 0.112 e. The van der Waals surface area contributed by atoms with E-state index in [0.29, 0.717) is 5.92 Å². The summed E-state index contributed by atoms with van der Waals surface area (Å²) < 4.78 is 2.31. The van der Waals surface area contributed by atoms with E-state index in [1.54, 1.807) is 0 Å². The number of imidazole rings is 1. The monoisotopic (exact) mass is 250 g/mol. The van der Waals surface area contributed by atoms with Crippen LogP contribution in [-0.4, -0.2) is 9.55 Å². The van der Waals surface area contributed by atoms with Crippen LogP contribution >= 0.6 is 11.6 Å². The fraction of sp³-hybridized carbons (Fsp3) is 0.500. The van der Waals surface area contributed by atoms with E-state index in [1.807, 2.05) is 18.2 Å². The fourth-order valence-corrected chi connectivity index (χ4v) is 2.30. The molecule has 0 N–H and O–H groups in total. The molecule has 1 aromatic carbocycles. The molecule has 0 saturated carbocycles. The number of benzene rings is 1. The zero-order valence-corrected chi connectivity index (χ0v) is 11.5. The van der Waals surface area contributed by atoms with Crippen LogP contribution < -0.4 is 0 Å². The van der Waals surface area contributed by atoms with E-state index in [2.05, 4.69) is 25.3 Å². The second-order valence-electron chi connectivity index (χ2n) is 4.56. The van der Waals surface area contributed by atoms with Crippen molar-refractivity contribution in [3.8, 4) is 0 Å². The molecule has 1 heterocycles. The fourth-order valence-electron chi connectivity index (χ4n) is 2.13. The molecule has 92 valence electrons. The lowest BCUT2D eigenvalue weighted by molar-refractivity contribution is 0.591. The summed E-state index contributed by atoms with van der Waals surface area (Å²) in [5, 5.41) is 0.783. The molecule has 2 nitrogen and oxygen atoms in total. The van der Waals surface area contributed by atoms with E-state index in [9.17, 15) is 0 Å². The molecular weight excluding hydrogens is 232 g/mol. The minimum atomic E-state index is 0.493. The predicted octanol–water partition coefficient (Wildman–Crippen LogP) is 4.61. The van der Waals surface area contributed by atoms with E-state index < -0.39 is 0 Å². The second-order valence-corrected chi connectivity index (χ2v) is 5.00. The summed E-state index contributed by atoms with van der Waals surface area (Å²) in [4.78, 5) is 4.75. The summed E-state index contributed by atoms with van der Waals surface area (Å²) in [5.74, 6) is 1.68. The number of rotatable bonds is 4. The lowest BCUT2D eigenvalue weighted by atomic mass is 10.1. The largest absolute Gasteiger partial charge is 0.328 e. The van der Waals surface area contributed by atoms with Crippen LogP contribution in [0.15, 0.2) is 18.2 Å². The molecule has 0 fully saturated rings. The minimum absolute atomic E-state index is 0.493. The first-order valence-electron chi connectivity index (χ1n) is 6.33. The van der Waals surface area contributed by atoms with Crippen LogP contribution in [0.1, 0.15) is 45.4 Å². The van der Waals surface area contributed by atoms with Gasteiger partial charge in [0.25, 0.3) is 0 Å². The van der Waals surface area contributed by atoms with Gasteiger partial charge in [0.15, 0.2) is 0 Å². The van der Waals surface area contributed by atoms with Gasteiger partial charge >= 0.3 is 0 Å². The average Bonchev–Trinajstić information content (AvgIpc) is 2.67. The van der Waals surface area contributed by atoms with Crippen LogP contribution in [0.3, 0.4) is 0 Å². The molecule has 2 rings (SSSR count). The summed E-state index contributed by atoms with van der Waals surface area (Å²) in [6, 6.07) is 5.94. The van der Waals surface area contributed by atoms with Gasteiger partial charge in [0, 0.05) is 17.5 Å². The molecule has 1 unspecified atom stereocenters. The predicted molar refractivity (Wildman–Crippen MR) is 73.7 cm³/mol. The highest BCUT2D eigenvalue weighted by Gasteiger charge is 2.14. The van der Waals surface area contributed by atoms with Crippen LogP contribution in [0, 0.1) is 0 Å². The molecule has 0 aliphatic rings. The summed E-state index contributed by atoms with van der Waals surface area (Å²) in [6.45, 7) is 7.63. The van der Waals surface area contributed by atoms with Crippen LogP contribution in [0.25, 0.3) is 11.0 Å². The first kappa shape index (κ1) is 12.4. The number of hydrogen-bond donors (Lipinski definition) is 0. The van der Waals surface area contributed by atoms with Crippen molar-refractivity contribution in [2.45, 2.75) is 46.1 Å². The summed E-state index contributed by atoms with van der Waals surface area (Å²) in [5.41, 5.74) is 2.22. The molecule has 0 amide bonds. The van der Waals surface area contributed by atoms with Gasteiger partial charge in [-0.05, 0) is 31.0 Å². The topological polar surface area (TPSA) is 17.8 Å². The molecule has 0 bridgehead atoms. The maximum Gasteiger partial charge on any atom is 0.112 e. The van der Waals surface area contributed by atoms with E-state index in [1.165, 1.54) is 5.82 Å². The first-order valence-corrected chi connectivity index (χ1v) is 6.70. The zero-order valence-electron chi connectivity index (χ0n) is 10.7. The standard InChI is InChI=1S/C14H19ClN2/c1-4-8-17-13-9-11(15)6-7-12(13)16-14(17)10(3)5-2/h6-7,9-10H,4-5,8H2,1-3H3. The molecule has 0 aliphatic carbocycles. The Hall–Kier alpha value is -1.02. The van der Waals surface area contributed by atoms with Gasteiger partial charge in [0.1, 0.15) is 5.82 Å². The van der Waals surface area contributed by atoms with Gasteiger partial charge in [-0.2, -0.15) is 0 Å². The maximum atomic E-state index is 6.07. The van der Waals surface area contributed by atoms with Crippen molar-refractivity contribution < 1.29 is 0 Å². The third-order valence-electron chi connectivity index (χ3n) is 3.24. The van der Waals surface area contributed by atoms with Crippen LogP contribution in [0.5, 0.6) is 0 Å². The Bertz CT molecular complexity index is 516. The van der Waals surface area contributed by atoms with Crippen LogP contribution in [0.4, 0.5) is 0 Å². The number of aromatic nitrogens is 2. The highest BCUT2D eigenvalue weighted by Crippen LogP contribution is 2.26. The quantitative estimate of drug-likeness (QED) is 0.775. The van der Waals surface area contributed by atoms with Gasteiger partial charge in [0.05, 0.1) is 11.0 Å². The molecule has 1 atom stereocenters. The molecule has 0 saturated heterocycles. The van der Waals surface area contributed by atoms with Gasteiger partial charge in [-0.3, -0.25) is 0 Å². The Morgan fingerprint density at radius 3 is 2.76 bits per heavy atom. The van der Waals surface area contributed by atoms with Crippen LogP contribution in [0.2, 0.25) is 5.02 Å². The molecule has 0 spiro atoms. The number of aryl methyl sites for hydroxylation is 1. The third-order valence-corrected chi connectivity index (χ3v) is 3.48. The number of halogens is 1. The number of hydrogen-bond acceptors (Lipinski definition) is 1. The summed E-state index contributed by atoms with van der Waals surface area (Å²) >= 11 is 6.07. The molecular formula is C14H19ClN2. The molecule has 0 aliphatic heterocycles. The Labute approximate surface area is 108 Å². The Balaban J connectivity index is 2.62. The molecule has 2 aromatic rings. The maximum absolute atomic E-state index is 6.07. The van der Waals surface area contributed by atoms with Gasteiger partial charge < -0.3 is 4.57 Å². The Kier molecular flexibility index (Phi) is 3.72. The van der Waals surface area contributed by atoms with Crippen molar-refractivity contribution in [1.82, 2.24) is 9.55 Å². The van der Waals surface area contributed by atoms with Crippen molar-refractivity contribution in [1.29, 1.82) is 0 Å². The Morgan fingerprint density at radius 1 is 1.35 bits per heavy atom. The van der Waals surface area contributed by atoms with E-state index in [0.717, 1.165) is 35.4 Å². The van der Waals surface area contributed by atoms with E-state index >= 15 is 0 Å². The third kappa shape index (κ3) is 2.32. The first-order chi connectivity index (χ1) is 8.17. The van der Waals surface area contributed by atoms with Gasteiger partial charge in [-0.1, -0.05) is 32.4 Å². The molecule has 3 heteroatoms. The molecule has 1 aromatic heterocycles. The van der Waals surface area contributed by atoms with E-state index in [-0.39, 0.29) is 0 Å². The van der Waals surface area contributed by atoms with Crippen LogP contribution in [-0.2, 0) is 6.54 Å². The average molecular weight is 251 g/mol. The second kappa shape index (κ2) is 5.09. The number of fused-ring (bicyclic) bond motifs is 1. The highest BCUT2D eigenvalue weighted by molar-refractivity contribution is 6.31. The highest BCUT2D eigenvalue weighted by atomic mass is 35.5. The van der Waals surface area contributed by atoms with Crippen molar-refractivity contribution in [3.05, 3.63) is 29.0 Å². The van der Waals surface area contributed by atoms with Gasteiger partial charge in [0.2, 0.25) is 0 Å². The van der Waals surface area contributed by atoms with Gasteiger partial charge in [-0.15, -0.1) is 0 Å². The van der Waals surface area contributed by atoms with Gasteiger partial charge in [-0.25, -0.2) is 4.98 Å². The zero-order chi connectivity index (χ0) is 12.4. The van der Waals surface area contributed by atoms with Crippen molar-refractivity contribution in [2.75, 3.05) is 0 Å². The minimum Gasteiger partial charge on any atom is -0.328 e. The number of nitrogens with zero attached hydrogens (tertiary/aromatic N) is 2. The van der Waals surface area contributed by atoms with Crippen molar-refractivity contribution >= 4 is 22.6 Å². The van der Waals surface area contributed by atoms with E-state index in [4.69, 9.17) is 16.6 Å². The normalized spacial score (nSPS) is 13.2. The van der Waals surface area contributed by atoms with Crippen molar-refractivity contribution in [2.24, 2.45) is 0 Å². The lowest BCUT2D eigenvalue weighted by Crippen LogP contribution is -2.06. The summed E-state index contributed by atoms with van der Waals surface area (Å²) in [7, 11) is 0. The lowest BCUT2D eigenvalue weighted by Gasteiger charge is -2.12. The molecule has 17 heavy (non-hydrogen) atoms. The van der Waals surface area contributed by atoms with Crippen molar-refractivity contribution in [3.63, 3.8) is 0 Å². The SMILES string of the molecule is CCCn1c(C(C)CC)nc2ccc(Cl)cc21. The molecule has 0 radical (unpaired) electrons. The Morgan fingerprint density at radius 2 is 2.12 bits per heavy atom. The summed E-state index contributed by atoms with van der Waals surface area (Å²) in [6.07, 6.45) is 2.22.